The molecule has 1 aromatic heterocycles. The molecule has 1 heterocycles. The van der Waals surface area contributed by atoms with Crippen LogP contribution in [0.2, 0.25) is 0 Å². The quantitative estimate of drug-likeness (QED) is 0.609. The van der Waals surface area contributed by atoms with Gasteiger partial charge in [0.1, 0.15) is 0 Å². The van der Waals surface area contributed by atoms with E-state index in [0.29, 0.717) is 4.83 Å². The number of thiophene rings is 1. The highest BCUT2D eigenvalue weighted by atomic mass is 79.9. The van der Waals surface area contributed by atoms with Crippen molar-refractivity contribution in [3.05, 3.63) is 57.3 Å². The van der Waals surface area contributed by atoms with Crippen LogP contribution in [-0.2, 0) is 5.41 Å². The van der Waals surface area contributed by atoms with Crippen LogP contribution < -0.4 is 0 Å². The highest BCUT2D eigenvalue weighted by molar-refractivity contribution is 9.09. The van der Waals surface area contributed by atoms with Gasteiger partial charge in [0.15, 0.2) is 0 Å². The Balaban J connectivity index is 2.45. The Morgan fingerprint density at radius 3 is 2.28 bits per heavy atom. The third-order valence-corrected chi connectivity index (χ3v) is 5.41. The van der Waals surface area contributed by atoms with Crippen molar-refractivity contribution >= 4 is 27.3 Å². The zero-order valence-corrected chi connectivity index (χ0v) is 13.7. The van der Waals surface area contributed by atoms with Gasteiger partial charge in [-0.25, -0.2) is 0 Å². The Hall–Kier alpha value is -0.600. The molecule has 0 aliphatic rings. The van der Waals surface area contributed by atoms with E-state index in [0.717, 1.165) is 0 Å². The van der Waals surface area contributed by atoms with E-state index in [2.05, 4.69) is 80.0 Å². The van der Waals surface area contributed by atoms with E-state index < -0.39 is 0 Å². The molecule has 0 aliphatic carbocycles. The topological polar surface area (TPSA) is 0 Å². The van der Waals surface area contributed by atoms with Crippen molar-refractivity contribution in [3.8, 4) is 0 Å². The molecule has 18 heavy (non-hydrogen) atoms. The minimum absolute atomic E-state index is 0.176. The normalized spacial score (nSPS) is 13.6. The Kier molecular flexibility index (Phi) is 3.98. The third kappa shape index (κ3) is 2.86. The molecule has 2 rings (SSSR count). The van der Waals surface area contributed by atoms with Crippen molar-refractivity contribution in [2.75, 3.05) is 0 Å². The molecule has 0 spiro atoms. The molecule has 1 atom stereocenters. The number of halogens is 1. The maximum absolute atomic E-state index is 3.86. The number of aryl methyl sites for hydroxylation is 1. The minimum Gasteiger partial charge on any atom is -0.144 e. The summed E-state index contributed by atoms with van der Waals surface area (Å²) in [5.74, 6) is 0. The van der Waals surface area contributed by atoms with Gasteiger partial charge in [0, 0.05) is 9.75 Å². The number of alkyl halides is 1. The monoisotopic (exact) mass is 322 g/mol. The molecule has 0 bridgehead atoms. The Bertz CT molecular complexity index is 534. The SMILES string of the molecule is Cc1ccc(C(Br)c2ccccc2C(C)(C)C)s1. The van der Waals surface area contributed by atoms with Crippen LogP contribution >= 0.6 is 27.3 Å². The standard InChI is InChI=1S/C16H19BrS/c1-11-9-10-14(18-11)15(17)12-7-5-6-8-13(12)16(2,3)4/h5-10,15H,1-4H3. The third-order valence-electron chi connectivity index (χ3n) is 3.05. The summed E-state index contributed by atoms with van der Waals surface area (Å²) in [6, 6.07) is 13.1. The van der Waals surface area contributed by atoms with Crippen LogP contribution in [0.5, 0.6) is 0 Å². The zero-order chi connectivity index (χ0) is 13.3. The van der Waals surface area contributed by atoms with Gasteiger partial charge in [-0.1, -0.05) is 61.0 Å². The first-order chi connectivity index (χ1) is 8.39. The van der Waals surface area contributed by atoms with Crippen LogP contribution in [0.4, 0.5) is 0 Å². The van der Waals surface area contributed by atoms with E-state index in [-0.39, 0.29) is 5.41 Å². The molecule has 0 amide bonds. The highest BCUT2D eigenvalue weighted by Gasteiger charge is 2.22. The van der Waals surface area contributed by atoms with E-state index in [1.54, 1.807) is 0 Å². The lowest BCUT2D eigenvalue weighted by Gasteiger charge is -2.24. The molecular formula is C16H19BrS. The number of rotatable bonds is 2. The first-order valence-corrected chi connectivity index (χ1v) is 7.92. The molecule has 1 aromatic carbocycles. The number of benzene rings is 1. The van der Waals surface area contributed by atoms with E-state index in [1.165, 1.54) is 20.9 Å². The van der Waals surface area contributed by atoms with Gasteiger partial charge in [-0.3, -0.25) is 0 Å². The van der Waals surface area contributed by atoms with Crippen LogP contribution in [-0.4, -0.2) is 0 Å². The van der Waals surface area contributed by atoms with Gasteiger partial charge in [0.25, 0.3) is 0 Å². The molecule has 0 saturated carbocycles. The van der Waals surface area contributed by atoms with E-state index in [1.807, 2.05) is 11.3 Å². The van der Waals surface area contributed by atoms with Crippen LogP contribution in [0.1, 0.15) is 46.5 Å². The predicted octanol–water partition coefficient (Wildman–Crippen LogP) is 5.84. The van der Waals surface area contributed by atoms with E-state index >= 15 is 0 Å². The van der Waals surface area contributed by atoms with Crippen molar-refractivity contribution in [3.63, 3.8) is 0 Å². The average molecular weight is 323 g/mol. The van der Waals surface area contributed by atoms with Crippen molar-refractivity contribution < 1.29 is 0 Å². The largest absolute Gasteiger partial charge is 0.144 e. The highest BCUT2D eigenvalue weighted by Crippen LogP contribution is 2.39. The lowest BCUT2D eigenvalue weighted by molar-refractivity contribution is 0.584. The van der Waals surface area contributed by atoms with Gasteiger partial charge < -0.3 is 0 Å². The van der Waals surface area contributed by atoms with Gasteiger partial charge in [-0.15, -0.1) is 11.3 Å². The van der Waals surface area contributed by atoms with Crippen molar-refractivity contribution in [2.24, 2.45) is 0 Å². The number of hydrogen-bond acceptors (Lipinski definition) is 1. The molecule has 1 unspecified atom stereocenters. The number of hydrogen-bond donors (Lipinski definition) is 0. The van der Waals surface area contributed by atoms with Crippen molar-refractivity contribution in [1.29, 1.82) is 0 Å². The van der Waals surface area contributed by atoms with Crippen molar-refractivity contribution in [1.82, 2.24) is 0 Å². The molecule has 0 N–H and O–H groups in total. The molecule has 0 radical (unpaired) electrons. The summed E-state index contributed by atoms with van der Waals surface area (Å²) >= 11 is 5.72. The van der Waals surface area contributed by atoms with Crippen LogP contribution in [0.25, 0.3) is 0 Å². The van der Waals surface area contributed by atoms with Gasteiger partial charge in [0.05, 0.1) is 4.83 Å². The van der Waals surface area contributed by atoms with Gasteiger partial charge in [-0.2, -0.15) is 0 Å². The average Bonchev–Trinajstić information content (AvgIpc) is 2.74. The minimum atomic E-state index is 0.176. The second-order valence-corrected chi connectivity index (χ2v) is 7.88. The molecule has 0 saturated heterocycles. The summed E-state index contributed by atoms with van der Waals surface area (Å²) in [5, 5.41) is 0. The summed E-state index contributed by atoms with van der Waals surface area (Å²) in [6.45, 7) is 8.96. The Labute approximate surface area is 122 Å². The molecule has 0 nitrogen and oxygen atoms in total. The molecule has 0 aliphatic heterocycles. The second-order valence-electron chi connectivity index (χ2n) is 5.65. The molecule has 2 aromatic rings. The Morgan fingerprint density at radius 2 is 1.72 bits per heavy atom. The lowest BCUT2D eigenvalue weighted by Crippen LogP contribution is -2.14. The summed E-state index contributed by atoms with van der Waals surface area (Å²) < 4.78 is 0. The predicted molar refractivity (Wildman–Crippen MR) is 85.0 cm³/mol. The first-order valence-electron chi connectivity index (χ1n) is 6.19. The summed E-state index contributed by atoms with van der Waals surface area (Å²) in [5.41, 5.74) is 2.97. The lowest BCUT2D eigenvalue weighted by atomic mass is 9.83. The van der Waals surface area contributed by atoms with E-state index in [9.17, 15) is 0 Å². The van der Waals surface area contributed by atoms with Gasteiger partial charge in [-0.05, 0) is 35.6 Å². The fraction of sp³-hybridized carbons (Fsp3) is 0.375. The van der Waals surface area contributed by atoms with Crippen LogP contribution in [0.15, 0.2) is 36.4 Å². The summed E-state index contributed by atoms with van der Waals surface area (Å²) in [4.78, 5) is 3.04. The van der Waals surface area contributed by atoms with E-state index in [4.69, 9.17) is 0 Å². The smallest absolute Gasteiger partial charge is 0.0741 e. The molecule has 96 valence electrons. The Morgan fingerprint density at radius 1 is 1.06 bits per heavy atom. The van der Waals surface area contributed by atoms with Crippen molar-refractivity contribution in [2.45, 2.75) is 37.9 Å². The fourth-order valence-electron chi connectivity index (χ4n) is 2.14. The maximum atomic E-state index is 3.86. The zero-order valence-electron chi connectivity index (χ0n) is 11.3. The fourth-order valence-corrected chi connectivity index (χ4v) is 3.85. The van der Waals surface area contributed by atoms with Gasteiger partial charge >= 0.3 is 0 Å². The first kappa shape index (κ1) is 13.8. The van der Waals surface area contributed by atoms with Crippen LogP contribution in [0, 0.1) is 6.92 Å². The van der Waals surface area contributed by atoms with Crippen LogP contribution in [0.3, 0.4) is 0 Å². The van der Waals surface area contributed by atoms with Gasteiger partial charge in [0.2, 0.25) is 0 Å². The molecule has 0 fully saturated rings. The molecular weight excluding hydrogens is 304 g/mol. The molecule has 2 heteroatoms. The second kappa shape index (κ2) is 5.18. The maximum Gasteiger partial charge on any atom is 0.0741 e. The summed E-state index contributed by atoms with van der Waals surface area (Å²) in [6.07, 6.45) is 0. The summed E-state index contributed by atoms with van der Waals surface area (Å²) in [7, 11) is 0.